The summed E-state index contributed by atoms with van der Waals surface area (Å²) in [4.78, 5) is 0. The predicted octanol–water partition coefficient (Wildman–Crippen LogP) is 4.36. The van der Waals surface area contributed by atoms with E-state index < -0.39 is 12.7 Å². The van der Waals surface area contributed by atoms with Gasteiger partial charge in [0.1, 0.15) is 6.54 Å². The second-order valence-electron chi connectivity index (χ2n) is 6.13. The number of halogens is 4. The Morgan fingerprint density at radius 3 is 2.87 bits per heavy atom. The Hall–Kier alpha value is -0.960. The van der Waals surface area contributed by atoms with Crippen molar-refractivity contribution in [2.45, 2.75) is 44.6 Å². The lowest BCUT2D eigenvalue weighted by Gasteiger charge is -2.29. The Kier molecular flexibility index (Phi) is 4.78. The fraction of sp³-hybridized carbons (Fsp3) is 0.500. The van der Waals surface area contributed by atoms with Crippen LogP contribution in [-0.4, -0.2) is 29.4 Å². The molecule has 0 spiro atoms. The summed E-state index contributed by atoms with van der Waals surface area (Å²) in [6, 6.07) is 8.14. The quantitative estimate of drug-likeness (QED) is 0.699. The molecule has 1 saturated heterocycles. The summed E-state index contributed by atoms with van der Waals surface area (Å²) in [6.45, 7) is 2.15. The number of rotatable bonds is 3. The molecule has 2 atom stereocenters. The van der Waals surface area contributed by atoms with E-state index in [9.17, 15) is 13.2 Å². The molecule has 0 bridgehead atoms. The van der Waals surface area contributed by atoms with Crippen LogP contribution >= 0.6 is 22.6 Å². The molecule has 3 nitrogen and oxygen atoms in total. The number of hydrogen-bond donors (Lipinski definition) is 2. The topological polar surface area (TPSA) is 29.0 Å². The van der Waals surface area contributed by atoms with E-state index >= 15 is 0 Å². The number of nitrogens with zero attached hydrogens (tertiary/aromatic N) is 1. The predicted molar refractivity (Wildman–Crippen MR) is 94.8 cm³/mol. The first-order valence-electron chi connectivity index (χ1n) is 7.68. The highest BCUT2D eigenvalue weighted by Crippen LogP contribution is 2.31. The Labute approximate surface area is 146 Å². The van der Waals surface area contributed by atoms with Gasteiger partial charge in [0.2, 0.25) is 0 Å². The van der Waals surface area contributed by atoms with Crippen LogP contribution < -0.4 is 10.6 Å². The smallest absolute Gasteiger partial charge is 0.382 e. The Morgan fingerprint density at radius 1 is 1.39 bits per heavy atom. The third-order valence-corrected chi connectivity index (χ3v) is 5.11. The monoisotopic (exact) mass is 437 g/mol. The molecule has 1 fully saturated rings. The lowest BCUT2D eigenvalue weighted by molar-refractivity contribution is -0.140. The molecule has 2 N–H and O–H groups in total. The zero-order valence-electron chi connectivity index (χ0n) is 12.8. The van der Waals surface area contributed by atoms with Gasteiger partial charge in [0, 0.05) is 23.2 Å². The maximum Gasteiger partial charge on any atom is 0.406 e. The maximum atomic E-state index is 12.8. The molecule has 1 aliphatic heterocycles. The zero-order valence-corrected chi connectivity index (χ0v) is 14.9. The molecule has 2 heterocycles. The highest BCUT2D eigenvalue weighted by atomic mass is 127. The van der Waals surface area contributed by atoms with Gasteiger partial charge in [-0.15, -0.1) is 0 Å². The summed E-state index contributed by atoms with van der Waals surface area (Å²) in [5.41, 5.74) is 1.54. The summed E-state index contributed by atoms with van der Waals surface area (Å²) in [5.74, 6) is 0. The van der Waals surface area contributed by atoms with E-state index in [-0.39, 0.29) is 0 Å². The highest BCUT2D eigenvalue weighted by Gasteiger charge is 2.30. The molecule has 126 valence electrons. The van der Waals surface area contributed by atoms with Crippen LogP contribution in [0.25, 0.3) is 10.9 Å². The highest BCUT2D eigenvalue weighted by molar-refractivity contribution is 14.1. The summed E-state index contributed by atoms with van der Waals surface area (Å²) in [7, 11) is 0. The van der Waals surface area contributed by atoms with Crippen molar-refractivity contribution in [3.63, 3.8) is 0 Å². The number of nitrogens with one attached hydrogen (secondary N) is 2. The zero-order chi connectivity index (χ0) is 16.6. The molecular weight excluding hydrogens is 418 g/mol. The minimum Gasteiger partial charge on any atom is -0.382 e. The van der Waals surface area contributed by atoms with Crippen LogP contribution in [0.1, 0.15) is 19.8 Å². The average molecular weight is 437 g/mol. The lowest BCUT2D eigenvalue weighted by Crippen LogP contribution is -2.41. The van der Waals surface area contributed by atoms with Gasteiger partial charge >= 0.3 is 6.18 Å². The largest absolute Gasteiger partial charge is 0.406 e. The van der Waals surface area contributed by atoms with Gasteiger partial charge in [0.05, 0.1) is 9.22 Å². The van der Waals surface area contributed by atoms with Crippen molar-refractivity contribution in [2.24, 2.45) is 0 Å². The van der Waals surface area contributed by atoms with E-state index in [1.54, 1.807) is 6.07 Å². The minimum absolute atomic E-state index is 0.348. The van der Waals surface area contributed by atoms with Crippen molar-refractivity contribution in [2.75, 3.05) is 11.9 Å². The molecule has 3 rings (SSSR count). The second-order valence-corrected chi connectivity index (χ2v) is 7.23. The van der Waals surface area contributed by atoms with Crippen LogP contribution in [0.3, 0.4) is 0 Å². The van der Waals surface area contributed by atoms with Gasteiger partial charge in [-0.3, -0.25) is 0 Å². The maximum absolute atomic E-state index is 12.8. The van der Waals surface area contributed by atoms with Crippen LogP contribution in [0, 0.1) is 3.70 Å². The minimum atomic E-state index is -4.22. The van der Waals surface area contributed by atoms with Gasteiger partial charge in [0.15, 0.2) is 0 Å². The molecule has 0 aliphatic carbocycles. The molecular formula is C16H19F3IN3. The lowest BCUT2D eigenvalue weighted by atomic mass is 10.00. The molecule has 1 aromatic carbocycles. The van der Waals surface area contributed by atoms with E-state index in [1.807, 2.05) is 40.8 Å². The fourth-order valence-corrected chi connectivity index (χ4v) is 3.94. The van der Waals surface area contributed by atoms with Crippen LogP contribution in [0.5, 0.6) is 0 Å². The van der Waals surface area contributed by atoms with Crippen LogP contribution in [0.2, 0.25) is 0 Å². The Balaban J connectivity index is 1.91. The molecule has 2 aromatic rings. The van der Waals surface area contributed by atoms with Gasteiger partial charge in [-0.2, -0.15) is 13.2 Å². The van der Waals surface area contributed by atoms with E-state index in [2.05, 4.69) is 17.6 Å². The van der Waals surface area contributed by atoms with Gasteiger partial charge < -0.3 is 15.2 Å². The number of piperidine rings is 1. The SMILES string of the molecule is CC1CC(Nc2cccc3c2cc(I)n3CC(F)(F)F)CCN1. The second kappa shape index (κ2) is 6.51. The number of alkyl halides is 3. The fourth-order valence-electron chi connectivity index (χ4n) is 3.20. The standard InChI is InChI=1S/C16H19F3IN3/c1-10-7-11(5-6-21-10)22-13-3-2-4-14-12(13)8-15(20)23(14)9-16(17,18)19/h2-4,8,10-11,21-22H,5-7,9H2,1H3. The van der Waals surface area contributed by atoms with Crippen molar-refractivity contribution < 1.29 is 13.2 Å². The molecule has 23 heavy (non-hydrogen) atoms. The summed E-state index contributed by atoms with van der Waals surface area (Å²) in [6.07, 6.45) is -2.20. The third kappa shape index (κ3) is 3.93. The summed E-state index contributed by atoms with van der Waals surface area (Å²) in [5, 5.41) is 7.78. The Bertz CT molecular complexity index is 696. The average Bonchev–Trinajstić information content (AvgIpc) is 2.75. The van der Waals surface area contributed by atoms with Crippen molar-refractivity contribution in [3.8, 4) is 0 Å². The first-order chi connectivity index (χ1) is 10.8. The number of aromatic nitrogens is 1. The van der Waals surface area contributed by atoms with Gasteiger partial charge in [-0.05, 0) is 67.1 Å². The molecule has 1 aromatic heterocycles. The van der Waals surface area contributed by atoms with Crippen molar-refractivity contribution >= 4 is 39.2 Å². The summed E-state index contributed by atoms with van der Waals surface area (Å²) >= 11 is 1.97. The van der Waals surface area contributed by atoms with Crippen molar-refractivity contribution in [3.05, 3.63) is 28.0 Å². The molecule has 0 saturated carbocycles. The van der Waals surface area contributed by atoms with Gasteiger partial charge in [-0.25, -0.2) is 0 Å². The molecule has 0 amide bonds. The van der Waals surface area contributed by atoms with E-state index in [0.717, 1.165) is 30.5 Å². The Morgan fingerprint density at radius 2 is 2.17 bits per heavy atom. The van der Waals surface area contributed by atoms with E-state index in [1.165, 1.54) is 4.57 Å². The van der Waals surface area contributed by atoms with Crippen molar-refractivity contribution in [1.29, 1.82) is 0 Å². The van der Waals surface area contributed by atoms with Crippen molar-refractivity contribution in [1.82, 2.24) is 9.88 Å². The first-order valence-corrected chi connectivity index (χ1v) is 8.76. The molecule has 1 aliphatic rings. The van der Waals surface area contributed by atoms with Crippen LogP contribution in [0.15, 0.2) is 24.3 Å². The number of fused-ring (bicyclic) bond motifs is 1. The molecule has 2 unspecified atom stereocenters. The molecule has 0 radical (unpaired) electrons. The third-order valence-electron chi connectivity index (χ3n) is 4.22. The molecule has 7 heteroatoms. The number of benzene rings is 1. The number of hydrogen-bond acceptors (Lipinski definition) is 2. The number of anilines is 1. The first kappa shape index (κ1) is 16.9. The van der Waals surface area contributed by atoms with Gasteiger partial charge in [-0.1, -0.05) is 6.07 Å². The normalized spacial score (nSPS) is 22.5. The summed E-state index contributed by atoms with van der Waals surface area (Å²) < 4.78 is 40.3. The van der Waals surface area contributed by atoms with E-state index in [4.69, 9.17) is 0 Å². The van der Waals surface area contributed by atoms with Gasteiger partial charge in [0.25, 0.3) is 0 Å². The van der Waals surface area contributed by atoms with E-state index in [0.29, 0.717) is 21.3 Å². The van der Waals surface area contributed by atoms with Crippen LogP contribution in [-0.2, 0) is 6.54 Å². The van der Waals surface area contributed by atoms with Crippen LogP contribution in [0.4, 0.5) is 18.9 Å².